The number of carboxylic acid groups (broad SMARTS) is 1. The highest BCUT2D eigenvalue weighted by Crippen LogP contribution is 2.29. The summed E-state index contributed by atoms with van der Waals surface area (Å²) in [4.78, 5) is 25.9. The molecule has 25 heavy (non-hydrogen) atoms. The number of fused-ring (bicyclic) bond motifs is 1. The molecule has 1 aliphatic rings. The van der Waals surface area contributed by atoms with Gasteiger partial charge in [0.15, 0.2) is 17.2 Å². The quantitative estimate of drug-likeness (QED) is 0.782. The number of hydrogen-bond donors (Lipinski definition) is 1. The van der Waals surface area contributed by atoms with Crippen molar-refractivity contribution in [1.82, 2.24) is 19.9 Å². The predicted molar refractivity (Wildman–Crippen MR) is 90.3 cm³/mol. The summed E-state index contributed by atoms with van der Waals surface area (Å²) in [6.07, 6.45) is 4.95. The molecule has 1 atom stereocenters. The van der Waals surface area contributed by atoms with Gasteiger partial charge in [0.1, 0.15) is 5.52 Å². The number of piperidine rings is 1. The summed E-state index contributed by atoms with van der Waals surface area (Å²) in [7, 11) is 0. The van der Waals surface area contributed by atoms with Crippen molar-refractivity contribution in [2.45, 2.75) is 25.3 Å². The molecule has 3 aromatic rings. The second-order valence-electron chi connectivity index (χ2n) is 6.29. The third kappa shape index (κ3) is 3.36. The molecule has 4 rings (SSSR count). The van der Waals surface area contributed by atoms with Crippen molar-refractivity contribution < 1.29 is 14.3 Å². The Morgan fingerprint density at radius 3 is 2.92 bits per heavy atom. The molecule has 0 bridgehead atoms. The van der Waals surface area contributed by atoms with Crippen LogP contribution in [0.2, 0.25) is 0 Å². The Labute approximate surface area is 144 Å². The summed E-state index contributed by atoms with van der Waals surface area (Å²) in [5.41, 5.74) is 2.45. The van der Waals surface area contributed by atoms with E-state index in [4.69, 9.17) is 9.52 Å². The predicted octanol–water partition coefficient (Wildman–Crippen LogP) is 2.70. The third-order valence-corrected chi connectivity index (χ3v) is 4.48. The molecular weight excluding hydrogens is 320 g/mol. The van der Waals surface area contributed by atoms with Crippen LogP contribution in [0.15, 0.2) is 41.1 Å². The van der Waals surface area contributed by atoms with E-state index < -0.39 is 5.97 Å². The van der Waals surface area contributed by atoms with Crippen LogP contribution >= 0.6 is 0 Å². The second-order valence-corrected chi connectivity index (χ2v) is 6.29. The first-order valence-corrected chi connectivity index (χ1v) is 8.31. The van der Waals surface area contributed by atoms with Gasteiger partial charge in [-0.05, 0) is 31.5 Å². The number of para-hydroxylation sites is 2. The summed E-state index contributed by atoms with van der Waals surface area (Å²) in [5, 5.41) is 8.89. The van der Waals surface area contributed by atoms with Crippen molar-refractivity contribution in [3.63, 3.8) is 0 Å². The number of rotatable bonds is 4. The van der Waals surface area contributed by atoms with E-state index in [9.17, 15) is 4.79 Å². The number of likely N-dealkylation sites (tertiary alicyclic amines) is 1. The fourth-order valence-electron chi connectivity index (χ4n) is 3.24. The van der Waals surface area contributed by atoms with Crippen LogP contribution in [0.4, 0.5) is 0 Å². The number of aromatic carboxylic acids is 1. The zero-order valence-corrected chi connectivity index (χ0v) is 13.6. The molecule has 2 aromatic heterocycles. The van der Waals surface area contributed by atoms with Gasteiger partial charge in [0.2, 0.25) is 0 Å². The smallest absolute Gasteiger partial charge is 0.356 e. The van der Waals surface area contributed by atoms with E-state index in [1.807, 2.05) is 24.3 Å². The summed E-state index contributed by atoms with van der Waals surface area (Å²) in [6.45, 7) is 2.46. The number of aromatic nitrogens is 3. The maximum Gasteiger partial charge on any atom is 0.356 e. The van der Waals surface area contributed by atoms with E-state index in [0.29, 0.717) is 6.54 Å². The van der Waals surface area contributed by atoms with Gasteiger partial charge in [-0.3, -0.25) is 9.88 Å². The first kappa shape index (κ1) is 15.7. The molecule has 1 saturated heterocycles. The second kappa shape index (κ2) is 6.60. The number of nitrogens with zero attached hydrogens (tertiary/aromatic N) is 4. The van der Waals surface area contributed by atoms with Crippen molar-refractivity contribution in [2.75, 3.05) is 13.1 Å². The van der Waals surface area contributed by atoms with Crippen molar-refractivity contribution in [2.24, 2.45) is 0 Å². The van der Waals surface area contributed by atoms with Crippen molar-refractivity contribution in [3.05, 3.63) is 53.9 Å². The molecule has 0 spiro atoms. The number of benzene rings is 1. The van der Waals surface area contributed by atoms with Crippen LogP contribution in [-0.2, 0) is 6.54 Å². The fourth-order valence-corrected chi connectivity index (χ4v) is 3.24. The number of hydrogen-bond acceptors (Lipinski definition) is 6. The van der Waals surface area contributed by atoms with Crippen LogP contribution in [0.3, 0.4) is 0 Å². The lowest BCUT2D eigenvalue weighted by Gasteiger charge is -2.30. The normalized spacial score (nSPS) is 18.5. The van der Waals surface area contributed by atoms with Gasteiger partial charge in [0.25, 0.3) is 0 Å². The molecule has 0 aliphatic carbocycles. The van der Waals surface area contributed by atoms with Crippen LogP contribution in [-0.4, -0.2) is 44.0 Å². The molecule has 128 valence electrons. The lowest BCUT2D eigenvalue weighted by molar-refractivity contribution is 0.0690. The minimum Gasteiger partial charge on any atom is -0.476 e. The summed E-state index contributed by atoms with van der Waals surface area (Å²) >= 11 is 0. The molecule has 0 amide bonds. The highest BCUT2D eigenvalue weighted by molar-refractivity contribution is 5.84. The largest absolute Gasteiger partial charge is 0.476 e. The topological polar surface area (TPSA) is 92.3 Å². The Morgan fingerprint density at radius 1 is 1.28 bits per heavy atom. The lowest BCUT2D eigenvalue weighted by Crippen LogP contribution is -2.34. The van der Waals surface area contributed by atoms with E-state index in [1.165, 1.54) is 12.4 Å². The lowest BCUT2D eigenvalue weighted by atomic mass is 9.98. The summed E-state index contributed by atoms with van der Waals surface area (Å²) < 4.78 is 5.92. The van der Waals surface area contributed by atoms with Crippen molar-refractivity contribution in [1.29, 1.82) is 0 Å². The molecule has 7 nitrogen and oxygen atoms in total. The molecular formula is C18H18N4O3. The molecule has 7 heteroatoms. The van der Waals surface area contributed by atoms with Gasteiger partial charge in [-0.2, -0.15) is 0 Å². The highest BCUT2D eigenvalue weighted by Gasteiger charge is 2.25. The Hall–Kier alpha value is -2.80. The molecule has 1 fully saturated rings. The Bertz CT molecular complexity index is 858. The van der Waals surface area contributed by atoms with E-state index in [-0.39, 0.29) is 11.6 Å². The van der Waals surface area contributed by atoms with E-state index in [2.05, 4.69) is 19.9 Å². The molecule has 3 heterocycles. The van der Waals surface area contributed by atoms with Crippen molar-refractivity contribution >= 4 is 17.1 Å². The zero-order chi connectivity index (χ0) is 17.2. The molecule has 1 unspecified atom stereocenters. The van der Waals surface area contributed by atoms with Gasteiger partial charge < -0.3 is 9.52 Å². The van der Waals surface area contributed by atoms with Gasteiger partial charge >= 0.3 is 5.97 Å². The molecule has 0 radical (unpaired) electrons. The average molecular weight is 338 g/mol. The summed E-state index contributed by atoms with van der Waals surface area (Å²) in [6, 6.07) is 7.81. The number of carboxylic acids is 1. The standard InChI is InChI=1S/C18H18N4O3/c23-18(24)15-9-19-13(8-20-15)11-22-7-3-4-12(10-22)17-21-14-5-1-2-6-16(14)25-17/h1-2,5-6,8-9,12H,3-4,7,10-11H2,(H,23,24). The minimum absolute atomic E-state index is 0.0354. The highest BCUT2D eigenvalue weighted by atomic mass is 16.4. The van der Waals surface area contributed by atoms with Crippen LogP contribution in [0, 0.1) is 0 Å². The van der Waals surface area contributed by atoms with E-state index in [0.717, 1.165) is 48.6 Å². The van der Waals surface area contributed by atoms with E-state index in [1.54, 1.807) is 0 Å². The number of carbonyl (C=O) groups is 1. The van der Waals surface area contributed by atoms with Gasteiger partial charge in [-0.25, -0.2) is 14.8 Å². The molecule has 1 N–H and O–H groups in total. The maximum absolute atomic E-state index is 10.8. The third-order valence-electron chi connectivity index (χ3n) is 4.48. The molecule has 1 aromatic carbocycles. The monoisotopic (exact) mass is 338 g/mol. The Morgan fingerprint density at radius 2 is 2.16 bits per heavy atom. The van der Waals surface area contributed by atoms with Gasteiger partial charge in [-0.1, -0.05) is 12.1 Å². The van der Waals surface area contributed by atoms with Gasteiger partial charge in [0, 0.05) is 19.0 Å². The first-order chi connectivity index (χ1) is 12.2. The zero-order valence-electron chi connectivity index (χ0n) is 13.6. The Balaban J connectivity index is 1.46. The first-order valence-electron chi connectivity index (χ1n) is 8.31. The maximum atomic E-state index is 10.8. The van der Waals surface area contributed by atoms with Crippen molar-refractivity contribution in [3.8, 4) is 0 Å². The fraction of sp³-hybridized carbons (Fsp3) is 0.333. The molecule has 0 saturated carbocycles. The van der Waals surface area contributed by atoms with Gasteiger partial charge in [0.05, 0.1) is 18.1 Å². The van der Waals surface area contributed by atoms with Crippen LogP contribution < -0.4 is 0 Å². The molecule has 1 aliphatic heterocycles. The minimum atomic E-state index is -1.06. The summed E-state index contributed by atoms with van der Waals surface area (Å²) in [5.74, 6) is -0.0151. The van der Waals surface area contributed by atoms with Gasteiger partial charge in [-0.15, -0.1) is 0 Å². The average Bonchev–Trinajstić information content (AvgIpc) is 3.07. The van der Waals surface area contributed by atoms with Crippen LogP contribution in [0.1, 0.15) is 40.8 Å². The SMILES string of the molecule is O=C(O)c1cnc(CN2CCCC(c3nc4ccccc4o3)C2)cn1. The number of oxazole rings is 1. The van der Waals surface area contributed by atoms with Crippen LogP contribution in [0.5, 0.6) is 0 Å². The van der Waals surface area contributed by atoms with Crippen LogP contribution in [0.25, 0.3) is 11.1 Å². The van der Waals surface area contributed by atoms with E-state index >= 15 is 0 Å². The Kier molecular flexibility index (Phi) is 4.15.